The average molecular weight is 556 g/mol. The van der Waals surface area contributed by atoms with Gasteiger partial charge in [-0.25, -0.2) is 9.07 Å². The lowest BCUT2D eigenvalue weighted by Gasteiger charge is -2.35. The number of hydrogen-bond acceptors (Lipinski definition) is 7. The van der Waals surface area contributed by atoms with Crippen LogP contribution in [0.5, 0.6) is 0 Å². The molecular weight excluding hydrogens is 530 g/mol. The van der Waals surface area contributed by atoms with Crippen molar-refractivity contribution in [2.24, 2.45) is 0 Å². The molecule has 0 unspecified atom stereocenters. The van der Waals surface area contributed by atoms with E-state index in [1.54, 1.807) is 24.8 Å². The van der Waals surface area contributed by atoms with Crippen molar-refractivity contribution in [3.8, 4) is 11.9 Å². The van der Waals surface area contributed by atoms with E-state index >= 15 is 0 Å². The number of nitriles is 1. The first-order chi connectivity index (χ1) is 19.0. The molecule has 4 aromatic rings. The van der Waals surface area contributed by atoms with Crippen molar-refractivity contribution in [3.63, 3.8) is 0 Å². The third-order valence-electron chi connectivity index (χ3n) is 6.97. The topological polar surface area (TPSA) is 108 Å². The van der Waals surface area contributed by atoms with Gasteiger partial charge in [0.25, 0.3) is 5.82 Å². The van der Waals surface area contributed by atoms with Crippen LogP contribution in [-0.4, -0.2) is 71.5 Å². The predicted molar refractivity (Wildman–Crippen MR) is 134 cm³/mol. The van der Waals surface area contributed by atoms with Gasteiger partial charge in [0.05, 0.1) is 17.3 Å². The van der Waals surface area contributed by atoms with Crippen LogP contribution in [0.25, 0.3) is 11.5 Å². The minimum atomic E-state index is -4.71. The van der Waals surface area contributed by atoms with Gasteiger partial charge in [0.15, 0.2) is 11.5 Å². The van der Waals surface area contributed by atoms with Crippen LogP contribution in [0.3, 0.4) is 0 Å². The summed E-state index contributed by atoms with van der Waals surface area (Å²) in [6.07, 6.45) is -4.05. The largest absolute Gasteiger partial charge is 0.453 e. The van der Waals surface area contributed by atoms with E-state index in [1.165, 1.54) is 28.9 Å². The van der Waals surface area contributed by atoms with Gasteiger partial charge in [-0.05, 0) is 61.7 Å². The summed E-state index contributed by atoms with van der Waals surface area (Å²) in [6.45, 7) is 6.36. The highest BCUT2D eigenvalue weighted by Gasteiger charge is 2.37. The summed E-state index contributed by atoms with van der Waals surface area (Å²) in [5.74, 6) is -1.51. The number of hydrogen-bond donors (Lipinski definition) is 0. The Bertz CT molecular complexity index is 1610. The van der Waals surface area contributed by atoms with Crippen LogP contribution in [0.2, 0.25) is 0 Å². The van der Waals surface area contributed by atoms with Crippen LogP contribution in [0.15, 0.2) is 30.3 Å². The maximum absolute atomic E-state index is 13.7. The van der Waals surface area contributed by atoms with Crippen LogP contribution in [0.4, 0.5) is 17.6 Å². The monoisotopic (exact) mass is 555 g/mol. The van der Waals surface area contributed by atoms with Crippen LogP contribution in [0.1, 0.15) is 40.3 Å². The highest BCUT2D eigenvalue weighted by Crippen LogP contribution is 2.28. The van der Waals surface area contributed by atoms with Gasteiger partial charge in [-0.2, -0.15) is 28.0 Å². The Kier molecular flexibility index (Phi) is 7.24. The number of nitrogens with zero attached hydrogens (tertiary/aromatic N) is 9. The van der Waals surface area contributed by atoms with Crippen molar-refractivity contribution in [1.82, 2.24) is 39.4 Å². The SMILES string of the molecule is Cc1nn(-c2ccc3nnc(C(F)(F)F)n3n2)c(C)c1CCC(=O)N1CCN(Cc2cc(F)cc(C#N)c2)CC1. The maximum Gasteiger partial charge on any atom is 0.453 e. The molecule has 1 aliphatic rings. The zero-order valence-electron chi connectivity index (χ0n) is 21.8. The van der Waals surface area contributed by atoms with Gasteiger partial charge in [-0.3, -0.25) is 9.69 Å². The second-order valence-electron chi connectivity index (χ2n) is 9.66. The summed E-state index contributed by atoms with van der Waals surface area (Å²) >= 11 is 0. The molecule has 1 aliphatic heterocycles. The normalized spacial score (nSPS) is 14.6. The van der Waals surface area contributed by atoms with Gasteiger partial charge in [0.2, 0.25) is 5.91 Å². The molecule has 14 heteroatoms. The smallest absolute Gasteiger partial charge is 0.340 e. The second kappa shape index (κ2) is 10.6. The number of aryl methyl sites for hydroxylation is 1. The first-order valence-electron chi connectivity index (χ1n) is 12.6. The minimum absolute atomic E-state index is 0.0115. The van der Waals surface area contributed by atoms with E-state index in [4.69, 9.17) is 5.26 Å². The summed E-state index contributed by atoms with van der Waals surface area (Å²) in [6, 6.07) is 9.15. The van der Waals surface area contributed by atoms with E-state index in [1.807, 2.05) is 6.07 Å². The Morgan fingerprint density at radius 1 is 1.05 bits per heavy atom. The number of carbonyl (C=O) groups excluding carboxylic acids is 1. The van der Waals surface area contributed by atoms with E-state index in [-0.39, 0.29) is 29.4 Å². The molecule has 5 rings (SSSR count). The van der Waals surface area contributed by atoms with Gasteiger partial charge >= 0.3 is 6.18 Å². The van der Waals surface area contributed by atoms with Crippen molar-refractivity contribution in [2.75, 3.05) is 26.2 Å². The molecule has 0 bridgehead atoms. The van der Waals surface area contributed by atoms with Crippen molar-refractivity contribution in [3.05, 3.63) is 70.1 Å². The Labute approximate surface area is 226 Å². The third-order valence-corrected chi connectivity index (χ3v) is 6.97. The number of aromatic nitrogens is 6. The van der Waals surface area contributed by atoms with Crippen molar-refractivity contribution < 1.29 is 22.4 Å². The molecule has 208 valence electrons. The van der Waals surface area contributed by atoms with Crippen molar-refractivity contribution >= 4 is 11.6 Å². The minimum Gasteiger partial charge on any atom is -0.340 e. The lowest BCUT2D eigenvalue weighted by Crippen LogP contribution is -2.48. The summed E-state index contributed by atoms with van der Waals surface area (Å²) in [4.78, 5) is 16.9. The number of alkyl halides is 3. The second-order valence-corrected chi connectivity index (χ2v) is 9.66. The third kappa shape index (κ3) is 5.50. The molecule has 3 aromatic heterocycles. The van der Waals surface area contributed by atoms with Crippen LogP contribution in [0, 0.1) is 31.0 Å². The molecule has 0 spiro atoms. The molecule has 1 amide bonds. The number of benzene rings is 1. The fourth-order valence-electron chi connectivity index (χ4n) is 4.94. The number of halogens is 4. The zero-order valence-corrected chi connectivity index (χ0v) is 21.8. The zero-order chi connectivity index (χ0) is 28.6. The number of piperazine rings is 1. The fraction of sp³-hybridized carbons (Fsp3) is 0.385. The summed E-state index contributed by atoms with van der Waals surface area (Å²) < 4.78 is 55.7. The number of amides is 1. The van der Waals surface area contributed by atoms with E-state index in [9.17, 15) is 22.4 Å². The Morgan fingerprint density at radius 2 is 1.80 bits per heavy atom. The Balaban J connectivity index is 1.21. The lowest BCUT2D eigenvalue weighted by atomic mass is 10.1. The molecule has 0 aliphatic carbocycles. The number of rotatable bonds is 6. The molecule has 4 heterocycles. The Hall–Kier alpha value is -4.38. The van der Waals surface area contributed by atoms with Crippen LogP contribution < -0.4 is 0 Å². The molecule has 0 N–H and O–H groups in total. The molecule has 1 saturated heterocycles. The first-order valence-corrected chi connectivity index (χ1v) is 12.6. The fourth-order valence-corrected chi connectivity index (χ4v) is 4.94. The highest BCUT2D eigenvalue weighted by atomic mass is 19.4. The summed E-state index contributed by atoms with van der Waals surface area (Å²) in [5.41, 5.74) is 3.12. The molecule has 0 atom stereocenters. The molecule has 40 heavy (non-hydrogen) atoms. The van der Waals surface area contributed by atoms with E-state index in [0.717, 1.165) is 5.56 Å². The van der Waals surface area contributed by atoms with Gasteiger partial charge in [-0.15, -0.1) is 15.3 Å². The molecule has 1 fully saturated rings. The van der Waals surface area contributed by atoms with Crippen LogP contribution in [-0.2, 0) is 23.9 Å². The number of fused-ring (bicyclic) bond motifs is 1. The Morgan fingerprint density at radius 3 is 2.50 bits per heavy atom. The van der Waals surface area contributed by atoms with E-state index < -0.39 is 17.8 Å². The maximum atomic E-state index is 13.7. The summed E-state index contributed by atoms with van der Waals surface area (Å²) in [5, 5.41) is 24.3. The number of carbonyl (C=O) groups is 1. The molecule has 10 nitrogen and oxygen atoms in total. The van der Waals surface area contributed by atoms with E-state index in [0.29, 0.717) is 60.6 Å². The highest BCUT2D eigenvalue weighted by molar-refractivity contribution is 5.76. The lowest BCUT2D eigenvalue weighted by molar-refractivity contribution is -0.146. The van der Waals surface area contributed by atoms with Gasteiger partial charge in [0.1, 0.15) is 5.82 Å². The van der Waals surface area contributed by atoms with Gasteiger partial charge < -0.3 is 4.90 Å². The average Bonchev–Trinajstić information content (AvgIpc) is 3.47. The quantitative estimate of drug-likeness (QED) is 0.336. The molecular formula is C26H25F4N9O. The van der Waals surface area contributed by atoms with Gasteiger partial charge in [-0.1, -0.05) is 0 Å². The van der Waals surface area contributed by atoms with E-state index in [2.05, 4.69) is 25.3 Å². The standard InChI is InChI=1S/C26H25F4N9O/c1-16-21(17(2)38(34-16)23-5-4-22-32-33-25(26(28,29)30)39(22)35-23)3-6-24(40)37-9-7-36(8-10-37)15-19-11-18(14-31)12-20(27)13-19/h4-5,11-13H,3,6-10,15H2,1-2H3. The molecule has 0 radical (unpaired) electrons. The van der Waals surface area contributed by atoms with Gasteiger partial charge in [0, 0.05) is 44.8 Å². The summed E-state index contributed by atoms with van der Waals surface area (Å²) in [7, 11) is 0. The van der Waals surface area contributed by atoms with Crippen molar-refractivity contribution in [1.29, 1.82) is 5.26 Å². The molecule has 0 saturated carbocycles. The van der Waals surface area contributed by atoms with Crippen molar-refractivity contribution in [2.45, 2.75) is 39.4 Å². The predicted octanol–water partition coefficient (Wildman–Crippen LogP) is 3.23. The molecule has 1 aromatic carbocycles. The van der Waals surface area contributed by atoms with Crippen LogP contribution >= 0.6 is 0 Å². The first kappa shape index (κ1) is 27.2.